The summed E-state index contributed by atoms with van der Waals surface area (Å²) in [6, 6.07) is 7.29. The predicted octanol–water partition coefficient (Wildman–Crippen LogP) is 2.77. The highest BCUT2D eigenvalue weighted by molar-refractivity contribution is 5.83. The van der Waals surface area contributed by atoms with Gasteiger partial charge in [0.1, 0.15) is 5.78 Å². The topological polar surface area (TPSA) is 29.1 Å². The third kappa shape index (κ3) is 1.52. The maximum atomic E-state index is 12.4. The van der Waals surface area contributed by atoms with Gasteiger partial charge in [0.15, 0.2) is 0 Å². The number of rotatable bonds is 0. The fourth-order valence-electron chi connectivity index (χ4n) is 5.10. The standard InChI is InChI=1S/C18H23NO/c1-11-4-3-5-14-13(11)9-16-15-8-12(2)17(20)10-18(14,15)6-7-19-16/h3-5,12,15-16,19H,6-10H2,1-2H3/t12?,15-,16+,18+/m0/s1. The summed E-state index contributed by atoms with van der Waals surface area (Å²) in [6.07, 6.45) is 4.12. The Hall–Kier alpha value is -1.15. The van der Waals surface area contributed by atoms with E-state index in [4.69, 9.17) is 0 Å². The van der Waals surface area contributed by atoms with Gasteiger partial charge in [-0.25, -0.2) is 0 Å². The Bertz CT molecular complexity index is 579. The Labute approximate surface area is 121 Å². The molecule has 2 bridgehead atoms. The SMILES string of the molecule is Cc1cccc2c1C[C@H]1NCC[C@@]23CC(=O)C(C)C[C@@H]13. The molecule has 106 valence electrons. The molecule has 3 aliphatic rings. The van der Waals surface area contributed by atoms with E-state index < -0.39 is 0 Å². The van der Waals surface area contributed by atoms with Crippen molar-refractivity contribution in [2.45, 2.75) is 51.0 Å². The van der Waals surface area contributed by atoms with Gasteiger partial charge >= 0.3 is 0 Å². The molecule has 2 heteroatoms. The van der Waals surface area contributed by atoms with Crippen LogP contribution in [0.3, 0.4) is 0 Å². The highest BCUT2D eigenvalue weighted by atomic mass is 16.1. The fraction of sp³-hybridized carbons (Fsp3) is 0.611. The monoisotopic (exact) mass is 269 g/mol. The van der Waals surface area contributed by atoms with Crippen LogP contribution in [0.4, 0.5) is 0 Å². The first-order valence-electron chi connectivity index (χ1n) is 7.97. The van der Waals surface area contributed by atoms with Gasteiger partial charge in [-0.2, -0.15) is 0 Å². The summed E-state index contributed by atoms with van der Waals surface area (Å²) in [4.78, 5) is 12.4. The van der Waals surface area contributed by atoms with Gasteiger partial charge in [0.2, 0.25) is 0 Å². The molecule has 1 saturated carbocycles. The lowest BCUT2D eigenvalue weighted by molar-refractivity contribution is -0.129. The van der Waals surface area contributed by atoms with Crippen molar-refractivity contribution in [3.63, 3.8) is 0 Å². The molecule has 1 N–H and O–H groups in total. The third-order valence-corrected chi connectivity index (χ3v) is 6.19. The van der Waals surface area contributed by atoms with E-state index in [1.165, 1.54) is 16.7 Å². The van der Waals surface area contributed by atoms with Crippen molar-refractivity contribution in [2.24, 2.45) is 11.8 Å². The number of Topliss-reactive ketones (excluding diaryl/α,β-unsaturated/α-hetero) is 1. The van der Waals surface area contributed by atoms with Crippen LogP contribution < -0.4 is 5.32 Å². The van der Waals surface area contributed by atoms with Gasteiger partial charge in [0.25, 0.3) is 0 Å². The molecule has 2 nitrogen and oxygen atoms in total. The highest BCUT2D eigenvalue weighted by Crippen LogP contribution is 2.54. The van der Waals surface area contributed by atoms with E-state index >= 15 is 0 Å². The van der Waals surface area contributed by atoms with Crippen molar-refractivity contribution in [1.29, 1.82) is 0 Å². The maximum Gasteiger partial charge on any atom is 0.136 e. The number of hydrogen-bond donors (Lipinski definition) is 1. The van der Waals surface area contributed by atoms with Crippen LogP contribution in [0, 0.1) is 18.8 Å². The van der Waals surface area contributed by atoms with Crippen LogP contribution in [-0.2, 0) is 16.6 Å². The van der Waals surface area contributed by atoms with Gasteiger partial charge in [-0.15, -0.1) is 0 Å². The van der Waals surface area contributed by atoms with Crippen LogP contribution in [0.25, 0.3) is 0 Å². The van der Waals surface area contributed by atoms with Crippen LogP contribution in [0.15, 0.2) is 18.2 Å². The molecule has 1 aliphatic heterocycles. The van der Waals surface area contributed by atoms with Crippen LogP contribution >= 0.6 is 0 Å². The van der Waals surface area contributed by atoms with Gasteiger partial charge in [-0.05, 0) is 55.3 Å². The molecule has 20 heavy (non-hydrogen) atoms. The molecule has 1 unspecified atom stereocenters. The number of aryl methyl sites for hydroxylation is 1. The molecule has 1 heterocycles. The van der Waals surface area contributed by atoms with Gasteiger partial charge in [0, 0.05) is 23.8 Å². The molecule has 1 aromatic rings. The third-order valence-electron chi connectivity index (χ3n) is 6.19. The Morgan fingerprint density at radius 1 is 1.35 bits per heavy atom. The molecule has 2 fully saturated rings. The van der Waals surface area contributed by atoms with Gasteiger partial charge in [-0.1, -0.05) is 25.1 Å². The zero-order chi connectivity index (χ0) is 13.9. The van der Waals surface area contributed by atoms with Crippen molar-refractivity contribution in [2.75, 3.05) is 6.54 Å². The van der Waals surface area contributed by atoms with Gasteiger partial charge in [-0.3, -0.25) is 4.79 Å². The molecular formula is C18H23NO. The quantitative estimate of drug-likeness (QED) is 0.784. The predicted molar refractivity (Wildman–Crippen MR) is 79.9 cm³/mol. The Morgan fingerprint density at radius 3 is 3.05 bits per heavy atom. The number of hydrogen-bond acceptors (Lipinski definition) is 2. The largest absolute Gasteiger partial charge is 0.313 e. The molecule has 0 amide bonds. The Morgan fingerprint density at radius 2 is 2.20 bits per heavy atom. The minimum Gasteiger partial charge on any atom is -0.313 e. The number of carbonyl (C=O) groups is 1. The second-order valence-electron chi connectivity index (χ2n) is 7.16. The van der Waals surface area contributed by atoms with Crippen molar-refractivity contribution >= 4 is 5.78 Å². The van der Waals surface area contributed by atoms with Crippen molar-refractivity contribution in [3.05, 3.63) is 34.9 Å². The van der Waals surface area contributed by atoms with E-state index in [0.717, 1.165) is 32.2 Å². The fourth-order valence-corrected chi connectivity index (χ4v) is 5.10. The van der Waals surface area contributed by atoms with Crippen LogP contribution in [-0.4, -0.2) is 18.4 Å². The molecule has 0 spiro atoms. The Kier molecular flexibility index (Phi) is 2.62. The summed E-state index contributed by atoms with van der Waals surface area (Å²) in [5.41, 5.74) is 4.56. The molecule has 4 rings (SSSR count). The lowest BCUT2D eigenvalue weighted by Crippen LogP contribution is -2.61. The maximum absolute atomic E-state index is 12.4. The molecule has 1 aromatic carbocycles. The summed E-state index contributed by atoms with van der Waals surface area (Å²) >= 11 is 0. The summed E-state index contributed by atoms with van der Waals surface area (Å²) in [6.45, 7) is 5.41. The zero-order valence-corrected chi connectivity index (χ0v) is 12.4. The average molecular weight is 269 g/mol. The van der Waals surface area contributed by atoms with E-state index in [1.807, 2.05) is 0 Å². The van der Waals surface area contributed by atoms with Crippen LogP contribution in [0.2, 0.25) is 0 Å². The smallest absolute Gasteiger partial charge is 0.136 e. The lowest BCUT2D eigenvalue weighted by Gasteiger charge is -2.56. The zero-order valence-electron chi connectivity index (χ0n) is 12.4. The summed E-state index contributed by atoms with van der Waals surface area (Å²) in [7, 11) is 0. The van der Waals surface area contributed by atoms with Crippen molar-refractivity contribution in [1.82, 2.24) is 5.32 Å². The molecule has 0 radical (unpaired) electrons. The molecule has 0 aromatic heterocycles. The summed E-state index contributed by atoms with van der Waals surface area (Å²) in [5, 5.41) is 3.74. The number of piperidine rings is 1. The van der Waals surface area contributed by atoms with E-state index in [1.54, 1.807) is 0 Å². The van der Waals surface area contributed by atoms with Crippen molar-refractivity contribution < 1.29 is 4.79 Å². The van der Waals surface area contributed by atoms with E-state index in [2.05, 4.69) is 37.4 Å². The number of fused-ring (bicyclic) bond motifs is 1. The second-order valence-corrected chi connectivity index (χ2v) is 7.16. The van der Waals surface area contributed by atoms with Gasteiger partial charge in [0.05, 0.1) is 0 Å². The minimum absolute atomic E-state index is 0.138. The first kappa shape index (κ1) is 12.6. The summed E-state index contributed by atoms with van der Waals surface area (Å²) in [5.74, 6) is 1.39. The number of ketones is 1. The molecular weight excluding hydrogens is 246 g/mol. The first-order valence-corrected chi connectivity index (χ1v) is 7.97. The normalized spacial score (nSPS) is 39.1. The molecule has 1 saturated heterocycles. The number of nitrogens with one attached hydrogen (secondary N) is 1. The van der Waals surface area contributed by atoms with Crippen LogP contribution in [0.1, 0.15) is 42.9 Å². The van der Waals surface area contributed by atoms with E-state index in [0.29, 0.717) is 17.7 Å². The van der Waals surface area contributed by atoms with Gasteiger partial charge < -0.3 is 5.32 Å². The Balaban J connectivity index is 1.91. The van der Waals surface area contributed by atoms with Crippen LogP contribution in [0.5, 0.6) is 0 Å². The van der Waals surface area contributed by atoms with E-state index in [9.17, 15) is 4.79 Å². The lowest BCUT2D eigenvalue weighted by atomic mass is 9.51. The molecule has 4 atom stereocenters. The number of carbonyl (C=O) groups excluding carboxylic acids is 1. The highest BCUT2D eigenvalue weighted by Gasteiger charge is 2.54. The first-order chi connectivity index (χ1) is 9.62. The average Bonchev–Trinajstić information content (AvgIpc) is 2.41. The summed E-state index contributed by atoms with van der Waals surface area (Å²) < 4.78 is 0. The molecule has 2 aliphatic carbocycles. The van der Waals surface area contributed by atoms with E-state index in [-0.39, 0.29) is 11.3 Å². The minimum atomic E-state index is 0.138. The number of benzene rings is 1. The van der Waals surface area contributed by atoms with Crippen molar-refractivity contribution in [3.8, 4) is 0 Å². The second kappa shape index (κ2) is 4.17.